The van der Waals surface area contributed by atoms with Gasteiger partial charge in [-0.3, -0.25) is 4.79 Å². The van der Waals surface area contributed by atoms with E-state index in [-0.39, 0.29) is 0 Å². The van der Waals surface area contributed by atoms with Gasteiger partial charge in [0.05, 0.1) is 15.2 Å². The Kier molecular flexibility index (Phi) is 2.89. The zero-order valence-electron chi connectivity index (χ0n) is 8.80. The standard InChI is InChI=1S/C11H12N2O2S/c1-6-13-9-5-7(2-3-10(9)16-6)4-8(12)11(14)15/h2-3,5,8H,4,12H2,1H3,(H,14,15). The lowest BCUT2D eigenvalue weighted by Gasteiger charge is -2.05. The molecule has 0 aliphatic heterocycles. The van der Waals surface area contributed by atoms with Crippen molar-refractivity contribution in [3.05, 3.63) is 28.8 Å². The first-order valence-corrected chi connectivity index (χ1v) is 5.72. The second kappa shape index (κ2) is 4.19. The molecule has 0 aliphatic carbocycles. The van der Waals surface area contributed by atoms with E-state index in [2.05, 4.69) is 4.98 Å². The van der Waals surface area contributed by atoms with Crippen LogP contribution >= 0.6 is 11.3 Å². The molecule has 1 aromatic carbocycles. The average molecular weight is 236 g/mol. The van der Waals surface area contributed by atoms with E-state index in [1.807, 2.05) is 25.1 Å². The maximum atomic E-state index is 10.6. The maximum absolute atomic E-state index is 10.6. The minimum absolute atomic E-state index is 0.335. The predicted octanol–water partition coefficient (Wildman–Crippen LogP) is 1.56. The Morgan fingerprint density at radius 1 is 1.62 bits per heavy atom. The Morgan fingerprint density at radius 3 is 3.06 bits per heavy atom. The van der Waals surface area contributed by atoms with Gasteiger partial charge in [0.15, 0.2) is 0 Å². The van der Waals surface area contributed by atoms with Crippen LogP contribution in [0, 0.1) is 6.92 Å². The van der Waals surface area contributed by atoms with E-state index in [1.165, 1.54) is 0 Å². The number of aryl methyl sites for hydroxylation is 1. The number of nitrogens with two attached hydrogens (primary N) is 1. The number of aromatic nitrogens is 1. The molecule has 16 heavy (non-hydrogen) atoms. The SMILES string of the molecule is Cc1nc2cc(CC(N)C(=O)O)ccc2s1. The smallest absolute Gasteiger partial charge is 0.320 e. The fourth-order valence-corrected chi connectivity index (χ4v) is 2.36. The zero-order valence-corrected chi connectivity index (χ0v) is 9.62. The van der Waals surface area contributed by atoms with Crippen LogP contribution in [0.4, 0.5) is 0 Å². The third-order valence-corrected chi connectivity index (χ3v) is 3.28. The van der Waals surface area contributed by atoms with E-state index >= 15 is 0 Å². The van der Waals surface area contributed by atoms with E-state index < -0.39 is 12.0 Å². The normalized spacial score (nSPS) is 12.9. The third kappa shape index (κ3) is 2.20. The van der Waals surface area contributed by atoms with Crippen molar-refractivity contribution in [2.75, 3.05) is 0 Å². The van der Waals surface area contributed by atoms with Crippen LogP contribution in [-0.4, -0.2) is 22.1 Å². The van der Waals surface area contributed by atoms with Crippen LogP contribution in [0.3, 0.4) is 0 Å². The molecule has 3 N–H and O–H groups in total. The molecule has 84 valence electrons. The van der Waals surface area contributed by atoms with Crippen molar-refractivity contribution in [1.29, 1.82) is 0 Å². The number of carboxylic acid groups (broad SMARTS) is 1. The molecular formula is C11H12N2O2S. The largest absolute Gasteiger partial charge is 0.480 e. The monoisotopic (exact) mass is 236 g/mol. The molecule has 2 aromatic rings. The number of rotatable bonds is 3. The van der Waals surface area contributed by atoms with Crippen molar-refractivity contribution in [2.24, 2.45) is 5.73 Å². The van der Waals surface area contributed by atoms with Crippen LogP contribution in [0.2, 0.25) is 0 Å². The zero-order chi connectivity index (χ0) is 11.7. The number of hydrogen-bond acceptors (Lipinski definition) is 4. The van der Waals surface area contributed by atoms with Crippen LogP contribution < -0.4 is 5.73 Å². The van der Waals surface area contributed by atoms with Gasteiger partial charge in [0, 0.05) is 0 Å². The Hall–Kier alpha value is -1.46. The third-order valence-electron chi connectivity index (χ3n) is 2.33. The van der Waals surface area contributed by atoms with Gasteiger partial charge in [0.1, 0.15) is 6.04 Å². The van der Waals surface area contributed by atoms with Crippen LogP contribution in [0.15, 0.2) is 18.2 Å². The molecule has 0 radical (unpaired) electrons. The van der Waals surface area contributed by atoms with E-state index in [4.69, 9.17) is 10.8 Å². The molecule has 5 heteroatoms. The molecule has 0 saturated heterocycles. The summed E-state index contributed by atoms with van der Waals surface area (Å²) in [4.78, 5) is 15.0. The van der Waals surface area contributed by atoms with Gasteiger partial charge in [-0.05, 0) is 31.0 Å². The van der Waals surface area contributed by atoms with E-state index in [1.54, 1.807) is 11.3 Å². The van der Waals surface area contributed by atoms with Gasteiger partial charge in [0.25, 0.3) is 0 Å². The molecule has 0 fully saturated rings. The number of carboxylic acids is 1. The minimum atomic E-state index is -0.977. The Morgan fingerprint density at radius 2 is 2.38 bits per heavy atom. The van der Waals surface area contributed by atoms with Crippen molar-refractivity contribution in [3.63, 3.8) is 0 Å². The number of hydrogen-bond donors (Lipinski definition) is 2. The van der Waals surface area contributed by atoms with Gasteiger partial charge in [0.2, 0.25) is 0 Å². The van der Waals surface area contributed by atoms with Crippen molar-refractivity contribution in [3.8, 4) is 0 Å². The van der Waals surface area contributed by atoms with Crippen molar-refractivity contribution < 1.29 is 9.90 Å². The van der Waals surface area contributed by atoms with Gasteiger partial charge in [-0.15, -0.1) is 11.3 Å². The highest BCUT2D eigenvalue weighted by molar-refractivity contribution is 7.18. The fraction of sp³-hybridized carbons (Fsp3) is 0.273. The minimum Gasteiger partial charge on any atom is -0.480 e. The molecule has 0 saturated carbocycles. The van der Waals surface area contributed by atoms with Crippen molar-refractivity contribution >= 4 is 27.5 Å². The lowest BCUT2D eigenvalue weighted by Crippen LogP contribution is -2.32. The summed E-state index contributed by atoms with van der Waals surface area (Å²) >= 11 is 1.63. The summed E-state index contributed by atoms with van der Waals surface area (Å²) in [5.41, 5.74) is 7.30. The van der Waals surface area contributed by atoms with Gasteiger partial charge in [-0.25, -0.2) is 4.98 Å². The predicted molar refractivity (Wildman–Crippen MR) is 63.7 cm³/mol. The topological polar surface area (TPSA) is 76.2 Å². The summed E-state index contributed by atoms with van der Waals surface area (Å²) in [7, 11) is 0. The number of benzene rings is 1. The van der Waals surface area contributed by atoms with Crippen LogP contribution in [0.25, 0.3) is 10.2 Å². The van der Waals surface area contributed by atoms with E-state index in [0.29, 0.717) is 6.42 Å². The Labute approximate surface area is 96.7 Å². The van der Waals surface area contributed by atoms with Crippen LogP contribution in [-0.2, 0) is 11.2 Å². The number of aliphatic carboxylic acids is 1. The lowest BCUT2D eigenvalue weighted by atomic mass is 10.1. The molecule has 0 bridgehead atoms. The number of fused-ring (bicyclic) bond motifs is 1. The van der Waals surface area contributed by atoms with E-state index in [0.717, 1.165) is 20.8 Å². The van der Waals surface area contributed by atoms with Gasteiger partial charge in [-0.2, -0.15) is 0 Å². The number of nitrogens with zero attached hydrogens (tertiary/aromatic N) is 1. The maximum Gasteiger partial charge on any atom is 0.320 e. The molecule has 1 heterocycles. The molecule has 0 aliphatic rings. The average Bonchev–Trinajstić information content (AvgIpc) is 2.57. The van der Waals surface area contributed by atoms with Gasteiger partial charge in [-0.1, -0.05) is 6.07 Å². The summed E-state index contributed by atoms with van der Waals surface area (Å²) in [5, 5.41) is 9.73. The Balaban J connectivity index is 2.28. The highest BCUT2D eigenvalue weighted by Crippen LogP contribution is 2.22. The molecule has 1 atom stereocenters. The summed E-state index contributed by atoms with van der Waals surface area (Å²) < 4.78 is 1.12. The van der Waals surface area contributed by atoms with Crippen LogP contribution in [0.5, 0.6) is 0 Å². The summed E-state index contributed by atoms with van der Waals surface area (Å²) in [5.74, 6) is -0.977. The summed E-state index contributed by atoms with van der Waals surface area (Å²) in [6.45, 7) is 1.95. The highest BCUT2D eigenvalue weighted by atomic mass is 32.1. The first-order chi connectivity index (χ1) is 7.56. The second-order valence-electron chi connectivity index (χ2n) is 3.68. The number of thiazole rings is 1. The highest BCUT2D eigenvalue weighted by Gasteiger charge is 2.12. The number of carbonyl (C=O) groups is 1. The first-order valence-electron chi connectivity index (χ1n) is 4.91. The van der Waals surface area contributed by atoms with Gasteiger partial charge < -0.3 is 10.8 Å². The summed E-state index contributed by atoms with van der Waals surface area (Å²) in [6, 6.07) is 4.92. The Bertz CT molecular complexity index is 536. The molecule has 1 unspecified atom stereocenters. The summed E-state index contributed by atoms with van der Waals surface area (Å²) in [6.07, 6.45) is 0.335. The molecule has 0 amide bonds. The van der Waals surface area contributed by atoms with Crippen molar-refractivity contribution in [2.45, 2.75) is 19.4 Å². The van der Waals surface area contributed by atoms with Gasteiger partial charge >= 0.3 is 5.97 Å². The fourth-order valence-electron chi connectivity index (χ4n) is 1.56. The first kappa shape index (κ1) is 11.0. The molecule has 0 spiro atoms. The van der Waals surface area contributed by atoms with E-state index in [9.17, 15) is 4.79 Å². The second-order valence-corrected chi connectivity index (χ2v) is 4.92. The quantitative estimate of drug-likeness (QED) is 0.848. The molecule has 2 rings (SSSR count). The molecule has 4 nitrogen and oxygen atoms in total. The van der Waals surface area contributed by atoms with Crippen molar-refractivity contribution in [1.82, 2.24) is 4.98 Å². The molecule has 1 aromatic heterocycles. The van der Waals surface area contributed by atoms with Crippen LogP contribution in [0.1, 0.15) is 10.6 Å². The molecular weight excluding hydrogens is 224 g/mol. The lowest BCUT2D eigenvalue weighted by molar-refractivity contribution is -0.138.